The van der Waals surface area contributed by atoms with Crippen LogP contribution in [0.3, 0.4) is 0 Å². The van der Waals surface area contributed by atoms with Gasteiger partial charge in [0.25, 0.3) is 0 Å². The van der Waals surface area contributed by atoms with Gasteiger partial charge in [0.15, 0.2) is 0 Å². The van der Waals surface area contributed by atoms with Gasteiger partial charge in [0.05, 0.1) is 23.6 Å². The van der Waals surface area contributed by atoms with Crippen LogP contribution in [0.1, 0.15) is 35.9 Å². The Morgan fingerprint density at radius 3 is 2.93 bits per heavy atom. The molecular weight excluding hydrogens is 364 g/mol. The monoisotopic (exact) mass is 384 g/mol. The van der Waals surface area contributed by atoms with Gasteiger partial charge >= 0.3 is 0 Å². The van der Waals surface area contributed by atoms with Gasteiger partial charge in [-0.05, 0) is 37.6 Å². The molecular formula is C20H21ClN4O2. The fraction of sp³-hybridized carbons (Fsp3) is 0.300. The summed E-state index contributed by atoms with van der Waals surface area (Å²) in [4.78, 5) is 4.63. The fourth-order valence-electron chi connectivity index (χ4n) is 3.31. The Bertz CT molecular complexity index is 943. The summed E-state index contributed by atoms with van der Waals surface area (Å²) in [5.41, 5.74) is 9.61. The van der Waals surface area contributed by atoms with Crippen molar-refractivity contribution < 1.29 is 9.26 Å². The molecule has 1 saturated heterocycles. The highest BCUT2D eigenvalue weighted by Crippen LogP contribution is 2.36. The van der Waals surface area contributed by atoms with E-state index in [1.165, 1.54) is 0 Å². The molecule has 2 atom stereocenters. The van der Waals surface area contributed by atoms with Crippen molar-refractivity contribution >= 4 is 11.6 Å². The lowest BCUT2D eigenvalue weighted by molar-refractivity contribution is 0.339. The van der Waals surface area contributed by atoms with Crippen LogP contribution in [-0.4, -0.2) is 23.3 Å². The third-order valence-corrected chi connectivity index (χ3v) is 4.93. The standard InChI is InChI=1S/C20H21ClN4O2/c1-3-26-17-8-7-13(10-16(17)21)18-15(11-22-24-18)20-23-19(25-27-20)14-6-4-5-12(2)9-14/h4-10,15,18,22,24H,3,11H2,1-2H3. The largest absolute Gasteiger partial charge is 0.492 e. The molecule has 7 heteroatoms. The Kier molecular flexibility index (Phi) is 5.11. The second-order valence-electron chi connectivity index (χ2n) is 6.56. The number of rotatable bonds is 5. The Morgan fingerprint density at radius 2 is 2.15 bits per heavy atom. The quantitative estimate of drug-likeness (QED) is 0.692. The Balaban J connectivity index is 1.60. The summed E-state index contributed by atoms with van der Waals surface area (Å²) >= 11 is 6.35. The molecule has 2 N–H and O–H groups in total. The minimum absolute atomic E-state index is 0.00469. The summed E-state index contributed by atoms with van der Waals surface area (Å²) in [6, 6.07) is 13.9. The van der Waals surface area contributed by atoms with E-state index in [4.69, 9.17) is 20.9 Å². The van der Waals surface area contributed by atoms with Crippen LogP contribution in [0.25, 0.3) is 11.4 Å². The molecule has 0 saturated carbocycles. The molecule has 2 heterocycles. The average molecular weight is 385 g/mol. The molecule has 0 radical (unpaired) electrons. The summed E-state index contributed by atoms with van der Waals surface area (Å²) in [5, 5.41) is 4.76. The van der Waals surface area contributed by atoms with Gasteiger partial charge in [-0.2, -0.15) is 4.98 Å². The highest BCUT2D eigenvalue weighted by Gasteiger charge is 2.34. The first-order valence-corrected chi connectivity index (χ1v) is 9.34. The lowest BCUT2D eigenvalue weighted by Gasteiger charge is -2.17. The van der Waals surface area contributed by atoms with Gasteiger partial charge in [-0.15, -0.1) is 0 Å². The SMILES string of the molecule is CCOc1ccc(C2NNCC2c2nc(-c3cccc(C)c3)no2)cc1Cl. The first-order chi connectivity index (χ1) is 13.2. The number of benzene rings is 2. The molecule has 0 aliphatic carbocycles. The highest BCUT2D eigenvalue weighted by atomic mass is 35.5. The lowest BCUT2D eigenvalue weighted by Crippen LogP contribution is -2.24. The van der Waals surface area contributed by atoms with Crippen LogP contribution >= 0.6 is 11.6 Å². The summed E-state index contributed by atoms with van der Waals surface area (Å²) < 4.78 is 11.1. The molecule has 0 amide bonds. The maximum absolute atomic E-state index is 6.35. The number of nitrogens with zero attached hydrogens (tertiary/aromatic N) is 2. The van der Waals surface area contributed by atoms with E-state index in [2.05, 4.69) is 21.0 Å². The Labute approximate surface area is 162 Å². The van der Waals surface area contributed by atoms with Crippen molar-refractivity contribution in [1.29, 1.82) is 0 Å². The topological polar surface area (TPSA) is 72.2 Å². The van der Waals surface area contributed by atoms with Gasteiger partial charge in [0.2, 0.25) is 11.7 Å². The second kappa shape index (κ2) is 7.68. The predicted octanol–water partition coefficient (Wildman–Crippen LogP) is 4.03. The molecule has 6 nitrogen and oxygen atoms in total. The fourth-order valence-corrected chi connectivity index (χ4v) is 3.56. The van der Waals surface area contributed by atoms with E-state index in [-0.39, 0.29) is 12.0 Å². The molecule has 2 unspecified atom stereocenters. The van der Waals surface area contributed by atoms with E-state index in [0.717, 1.165) is 16.7 Å². The van der Waals surface area contributed by atoms with Crippen LogP contribution in [-0.2, 0) is 0 Å². The number of aryl methyl sites for hydroxylation is 1. The Morgan fingerprint density at radius 1 is 1.26 bits per heavy atom. The smallest absolute Gasteiger partial charge is 0.233 e. The number of aromatic nitrogens is 2. The van der Waals surface area contributed by atoms with Crippen molar-refractivity contribution in [1.82, 2.24) is 21.0 Å². The van der Waals surface area contributed by atoms with Crippen molar-refractivity contribution in [2.24, 2.45) is 0 Å². The third-order valence-electron chi connectivity index (χ3n) is 4.63. The normalized spacial score (nSPS) is 19.4. The van der Waals surface area contributed by atoms with Crippen molar-refractivity contribution in [2.45, 2.75) is 25.8 Å². The molecule has 27 heavy (non-hydrogen) atoms. The zero-order valence-electron chi connectivity index (χ0n) is 15.2. The van der Waals surface area contributed by atoms with Crippen LogP contribution < -0.4 is 15.6 Å². The van der Waals surface area contributed by atoms with E-state index >= 15 is 0 Å². The molecule has 3 aromatic rings. The molecule has 2 aromatic carbocycles. The molecule has 0 bridgehead atoms. The second-order valence-corrected chi connectivity index (χ2v) is 6.97. The predicted molar refractivity (Wildman–Crippen MR) is 104 cm³/mol. The van der Waals surface area contributed by atoms with Crippen LogP contribution in [0.2, 0.25) is 5.02 Å². The minimum atomic E-state index is -0.0241. The zero-order valence-corrected chi connectivity index (χ0v) is 16.0. The number of hydrogen-bond acceptors (Lipinski definition) is 6. The van der Waals surface area contributed by atoms with Gasteiger partial charge in [0.1, 0.15) is 5.75 Å². The Hall–Kier alpha value is -2.41. The summed E-state index contributed by atoms with van der Waals surface area (Å²) in [7, 11) is 0. The van der Waals surface area contributed by atoms with Crippen molar-refractivity contribution in [3.8, 4) is 17.1 Å². The molecule has 4 rings (SSSR count). The van der Waals surface area contributed by atoms with Crippen LogP contribution in [0.5, 0.6) is 5.75 Å². The molecule has 1 fully saturated rings. The molecule has 1 aliphatic heterocycles. The molecule has 1 aromatic heterocycles. The minimum Gasteiger partial charge on any atom is -0.492 e. The molecule has 1 aliphatic rings. The molecule has 140 valence electrons. The number of ether oxygens (including phenoxy) is 1. The average Bonchev–Trinajstić information content (AvgIpc) is 3.32. The number of nitrogens with one attached hydrogen (secondary N) is 2. The van der Waals surface area contributed by atoms with Crippen LogP contribution in [0.4, 0.5) is 0 Å². The van der Waals surface area contributed by atoms with Crippen molar-refractivity contribution in [3.63, 3.8) is 0 Å². The third kappa shape index (κ3) is 3.69. The van der Waals surface area contributed by atoms with E-state index in [9.17, 15) is 0 Å². The van der Waals surface area contributed by atoms with Gasteiger partial charge in [-0.1, -0.05) is 46.6 Å². The zero-order chi connectivity index (χ0) is 18.8. The summed E-state index contributed by atoms with van der Waals surface area (Å²) in [5.74, 6) is 1.89. The maximum atomic E-state index is 6.35. The van der Waals surface area contributed by atoms with E-state index in [1.807, 2.05) is 56.3 Å². The van der Waals surface area contributed by atoms with E-state index in [1.54, 1.807) is 0 Å². The van der Waals surface area contributed by atoms with Crippen LogP contribution in [0, 0.1) is 6.92 Å². The van der Waals surface area contributed by atoms with Gasteiger partial charge < -0.3 is 9.26 Å². The van der Waals surface area contributed by atoms with Gasteiger partial charge in [0, 0.05) is 12.1 Å². The summed E-state index contributed by atoms with van der Waals surface area (Å²) in [6.07, 6.45) is 0. The van der Waals surface area contributed by atoms with Crippen LogP contribution in [0.15, 0.2) is 47.0 Å². The van der Waals surface area contributed by atoms with E-state index in [0.29, 0.717) is 35.6 Å². The first-order valence-electron chi connectivity index (χ1n) is 8.97. The lowest BCUT2D eigenvalue weighted by atomic mass is 9.95. The maximum Gasteiger partial charge on any atom is 0.233 e. The number of hydrogen-bond donors (Lipinski definition) is 2. The molecule has 0 spiro atoms. The van der Waals surface area contributed by atoms with Gasteiger partial charge in [-0.25, -0.2) is 5.43 Å². The van der Waals surface area contributed by atoms with Gasteiger partial charge in [-0.3, -0.25) is 5.43 Å². The first kappa shape index (κ1) is 18.0. The number of hydrazine groups is 1. The number of halogens is 1. The summed E-state index contributed by atoms with van der Waals surface area (Å²) in [6.45, 7) is 5.24. The highest BCUT2D eigenvalue weighted by molar-refractivity contribution is 6.32. The van der Waals surface area contributed by atoms with Crippen molar-refractivity contribution in [3.05, 3.63) is 64.5 Å². The van der Waals surface area contributed by atoms with Crippen molar-refractivity contribution in [2.75, 3.05) is 13.2 Å². The van der Waals surface area contributed by atoms with E-state index < -0.39 is 0 Å².